The number of rotatable bonds is 1. The number of hydrogen-bond acceptors (Lipinski definition) is 3. The molecule has 0 atom stereocenters. The molecule has 68 valence electrons. The minimum absolute atomic E-state index is 0.0999. The molecule has 2 rings (SSSR count). The number of hydrogen-bond donors (Lipinski definition) is 0. The molecule has 0 unspecified atom stereocenters. The highest BCUT2D eigenvalue weighted by atomic mass is 16.3. The molecule has 0 spiro atoms. The van der Waals surface area contributed by atoms with E-state index < -0.39 is 0 Å². The number of nitriles is 1. The van der Waals surface area contributed by atoms with Gasteiger partial charge in [-0.3, -0.25) is 4.79 Å². The van der Waals surface area contributed by atoms with Crippen LogP contribution >= 0.6 is 0 Å². The predicted octanol–water partition coefficient (Wildman–Crippen LogP) is 1.86. The van der Waals surface area contributed by atoms with Crippen molar-refractivity contribution in [3.05, 3.63) is 46.3 Å². The van der Waals surface area contributed by atoms with Crippen LogP contribution in [-0.2, 0) is 6.42 Å². The van der Waals surface area contributed by atoms with E-state index in [0.29, 0.717) is 16.7 Å². The monoisotopic (exact) mass is 185 g/mol. The lowest BCUT2D eigenvalue weighted by Crippen LogP contribution is -2.01. The fourth-order valence-corrected chi connectivity index (χ4v) is 1.32. The Labute approximate surface area is 80.2 Å². The molecule has 0 fully saturated rings. The van der Waals surface area contributed by atoms with E-state index in [0.717, 1.165) is 0 Å². The van der Waals surface area contributed by atoms with Crippen LogP contribution in [0.15, 0.2) is 39.5 Å². The SMILES string of the molecule is N#CCc1cc(=O)c2ccccc2o1. The van der Waals surface area contributed by atoms with E-state index in [2.05, 4.69) is 0 Å². The average Bonchev–Trinajstić information content (AvgIpc) is 2.18. The average molecular weight is 185 g/mol. The van der Waals surface area contributed by atoms with Crippen molar-refractivity contribution in [2.24, 2.45) is 0 Å². The largest absolute Gasteiger partial charge is 0.460 e. The van der Waals surface area contributed by atoms with Crippen LogP contribution in [0.5, 0.6) is 0 Å². The molecule has 0 saturated heterocycles. The van der Waals surface area contributed by atoms with Gasteiger partial charge < -0.3 is 4.42 Å². The Morgan fingerprint density at radius 1 is 1.36 bits per heavy atom. The number of benzene rings is 1. The highest BCUT2D eigenvalue weighted by Gasteiger charge is 2.02. The van der Waals surface area contributed by atoms with Crippen molar-refractivity contribution in [1.82, 2.24) is 0 Å². The molecule has 0 radical (unpaired) electrons. The minimum atomic E-state index is -0.0999. The summed E-state index contributed by atoms with van der Waals surface area (Å²) in [5.74, 6) is 0.413. The Bertz CT molecular complexity index is 563. The molecule has 1 aromatic heterocycles. The second-order valence-corrected chi connectivity index (χ2v) is 2.91. The van der Waals surface area contributed by atoms with Crippen molar-refractivity contribution in [1.29, 1.82) is 5.26 Å². The van der Waals surface area contributed by atoms with E-state index in [4.69, 9.17) is 9.68 Å². The van der Waals surface area contributed by atoms with Crippen LogP contribution in [0.4, 0.5) is 0 Å². The summed E-state index contributed by atoms with van der Waals surface area (Å²) in [6.07, 6.45) is 0.125. The molecular weight excluding hydrogens is 178 g/mol. The summed E-state index contributed by atoms with van der Waals surface area (Å²) in [5.41, 5.74) is 0.433. The maximum absolute atomic E-state index is 11.5. The van der Waals surface area contributed by atoms with E-state index in [-0.39, 0.29) is 11.8 Å². The smallest absolute Gasteiger partial charge is 0.192 e. The summed E-state index contributed by atoms with van der Waals surface area (Å²) in [6, 6.07) is 10.3. The lowest BCUT2D eigenvalue weighted by Gasteiger charge is -1.97. The zero-order valence-corrected chi connectivity index (χ0v) is 7.36. The molecule has 0 aliphatic carbocycles. The molecule has 3 heteroatoms. The number of para-hydroxylation sites is 1. The highest BCUT2D eigenvalue weighted by molar-refractivity contribution is 5.76. The first-order valence-electron chi connectivity index (χ1n) is 4.20. The molecule has 14 heavy (non-hydrogen) atoms. The van der Waals surface area contributed by atoms with E-state index in [9.17, 15) is 4.79 Å². The number of nitrogens with zero attached hydrogens (tertiary/aromatic N) is 1. The Morgan fingerprint density at radius 3 is 2.93 bits per heavy atom. The Kier molecular flexibility index (Phi) is 2.04. The van der Waals surface area contributed by atoms with Crippen molar-refractivity contribution in [2.75, 3.05) is 0 Å². The van der Waals surface area contributed by atoms with Crippen molar-refractivity contribution in [3.8, 4) is 6.07 Å². The van der Waals surface area contributed by atoms with Crippen LogP contribution in [-0.4, -0.2) is 0 Å². The Morgan fingerprint density at radius 2 is 2.14 bits per heavy atom. The fraction of sp³-hybridized carbons (Fsp3) is 0.0909. The third kappa shape index (κ3) is 1.38. The van der Waals surface area contributed by atoms with Gasteiger partial charge in [-0.05, 0) is 12.1 Å². The molecule has 2 aromatic rings. The van der Waals surface area contributed by atoms with Gasteiger partial charge >= 0.3 is 0 Å². The maximum atomic E-state index is 11.5. The molecule has 0 aliphatic heterocycles. The molecular formula is C11H7NO2. The first-order valence-corrected chi connectivity index (χ1v) is 4.20. The first-order chi connectivity index (χ1) is 6.81. The zero-order chi connectivity index (χ0) is 9.97. The fourth-order valence-electron chi connectivity index (χ4n) is 1.32. The van der Waals surface area contributed by atoms with Gasteiger partial charge in [0.2, 0.25) is 0 Å². The predicted molar refractivity (Wildman–Crippen MR) is 51.8 cm³/mol. The molecule has 0 aliphatic rings. The normalized spacial score (nSPS) is 9.93. The lowest BCUT2D eigenvalue weighted by molar-refractivity contribution is 0.553. The van der Waals surface area contributed by atoms with Crippen molar-refractivity contribution in [2.45, 2.75) is 6.42 Å². The molecule has 0 saturated carbocycles. The molecule has 1 aromatic carbocycles. The standard InChI is InChI=1S/C11H7NO2/c12-6-5-8-7-10(13)9-3-1-2-4-11(9)14-8/h1-4,7H,5H2. The van der Waals surface area contributed by atoms with Crippen LogP contribution in [0.25, 0.3) is 11.0 Å². The highest BCUT2D eigenvalue weighted by Crippen LogP contribution is 2.11. The van der Waals surface area contributed by atoms with Gasteiger partial charge in [-0.25, -0.2) is 0 Å². The van der Waals surface area contributed by atoms with Gasteiger partial charge in [0.25, 0.3) is 0 Å². The maximum Gasteiger partial charge on any atom is 0.192 e. The lowest BCUT2D eigenvalue weighted by atomic mass is 10.2. The number of fused-ring (bicyclic) bond motifs is 1. The summed E-state index contributed by atoms with van der Waals surface area (Å²) in [4.78, 5) is 11.5. The van der Waals surface area contributed by atoms with E-state index in [1.807, 2.05) is 6.07 Å². The first kappa shape index (κ1) is 8.52. The minimum Gasteiger partial charge on any atom is -0.460 e. The topological polar surface area (TPSA) is 54.0 Å². The van der Waals surface area contributed by atoms with Crippen LogP contribution in [0, 0.1) is 11.3 Å². The Hall–Kier alpha value is -2.08. The van der Waals surface area contributed by atoms with Crippen molar-refractivity contribution in [3.63, 3.8) is 0 Å². The summed E-state index contributed by atoms with van der Waals surface area (Å²) in [7, 11) is 0. The summed E-state index contributed by atoms with van der Waals surface area (Å²) in [5, 5.41) is 9.02. The molecule has 0 amide bonds. The summed E-state index contributed by atoms with van der Waals surface area (Å²) < 4.78 is 5.36. The van der Waals surface area contributed by atoms with Crippen LogP contribution < -0.4 is 5.43 Å². The van der Waals surface area contributed by atoms with Gasteiger partial charge in [0.15, 0.2) is 5.43 Å². The second-order valence-electron chi connectivity index (χ2n) is 2.91. The third-order valence-electron chi connectivity index (χ3n) is 1.94. The summed E-state index contributed by atoms with van der Waals surface area (Å²) in [6.45, 7) is 0. The van der Waals surface area contributed by atoms with Crippen molar-refractivity contribution < 1.29 is 4.42 Å². The third-order valence-corrected chi connectivity index (χ3v) is 1.94. The van der Waals surface area contributed by atoms with Crippen LogP contribution in [0.2, 0.25) is 0 Å². The van der Waals surface area contributed by atoms with Gasteiger partial charge in [0.1, 0.15) is 11.3 Å². The van der Waals surface area contributed by atoms with E-state index in [1.165, 1.54) is 6.07 Å². The van der Waals surface area contributed by atoms with Crippen LogP contribution in [0.1, 0.15) is 5.76 Å². The van der Waals surface area contributed by atoms with E-state index in [1.54, 1.807) is 24.3 Å². The quantitative estimate of drug-likeness (QED) is 0.681. The zero-order valence-electron chi connectivity index (χ0n) is 7.36. The summed E-state index contributed by atoms with van der Waals surface area (Å²) >= 11 is 0. The van der Waals surface area contributed by atoms with Gasteiger partial charge in [0, 0.05) is 6.07 Å². The van der Waals surface area contributed by atoms with Crippen molar-refractivity contribution >= 4 is 11.0 Å². The Balaban J connectivity index is 2.74. The van der Waals surface area contributed by atoms with Gasteiger partial charge in [-0.1, -0.05) is 12.1 Å². The molecule has 1 heterocycles. The van der Waals surface area contributed by atoms with Gasteiger partial charge in [0.05, 0.1) is 17.9 Å². The molecule has 0 N–H and O–H groups in total. The molecule has 3 nitrogen and oxygen atoms in total. The van der Waals surface area contributed by atoms with E-state index >= 15 is 0 Å². The van der Waals surface area contributed by atoms with Gasteiger partial charge in [-0.15, -0.1) is 0 Å². The van der Waals surface area contributed by atoms with Crippen LogP contribution in [0.3, 0.4) is 0 Å². The molecule has 0 bridgehead atoms. The van der Waals surface area contributed by atoms with Gasteiger partial charge in [-0.2, -0.15) is 5.26 Å². The second kappa shape index (κ2) is 3.35.